The topological polar surface area (TPSA) is 61.2 Å². The number of aryl methyl sites for hydroxylation is 2. The molecular formula is C15H19ClN2O3. The molecule has 0 radical (unpaired) electrons. The van der Waals surface area contributed by atoms with E-state index in [1.165, 1.54) is 6.08 Å². The molecule has 6 heteroatoms. The Labute approximate surface area is 128 Å². The van der Waals surface area contributed by atoms with E-state index in [4.69, 9.17) is 16.3 Å². The third-order valence-electron chi connectivity index (χ3n) is 3.52. The minimum atomic E-state index is -0.330. The van der Waals surface area contributed by atoms with Gasteiger partial charge in [-0.05, 0) is 6.92 Å². The monoisotopic (exact) mass is 310 g/mol. The van der Waals surface area contributed by atoms with Gasteiger partial charge in [-0.2, -0.15) is 5.10 Å². The van der Waals surface area contributed by atoms with E-state index in [0.29, 0.717) is 23.8 Å². The number of carbonyl (C=O) groups is 2. The number of ether oxygens (including phenoxy) is 1. The summed E-state index contributed by atoms with van der Waals surface area (Å²) in [5.41, 5.74) is 1.66. The predicted octanol–water partition coefficient (Wildman–Crippen LogP) is 2.91. The van der Waals surface area contributed by atoms with Crippen molar-refractivity contribution in [1.29, 1.82) is 0 Å². The largest absolute Gasteiger partial charge is 0.431 e. The van der Waals surface area contributed by atoms with Gasteiger partial charge < -0.3 is 4.74 Å². The molecule has 0 spiro atoms. The zero-order valence-electron chi connectivity index (χ0n) is 12.6. The van der Waals surface area contributed by atoms with E-state index < -0.39 is 0 Å². The molecule has 2 rings (SSSR count). The van der Waals surface area contributed by atoms with Crippen LogP contribution in [0, 0.1) is 12.8 Å². The maximum atomic E-state index is 11.9. The average Bonchev–Trinajstić information content (AvgIpc) is 2.62. The number of nitrogens with zero attached hydrogens (tertiary/aromatic N) is 2. The zero-order valence-corrected chi connectivity index (χ0v) is 13.4. The minimum absolute atomic E-state index is 0.0582. The number of carbonyl (C=O) groups excluding carboxylic acids is 2. The lowest BCUT2D eigenvalue weighted by Crippen LogP contribution is -2.19. The van der Waals surface area contributed by atoms with Crippen molar-refractivity contribution < 1.29 is 14.3 Å². The Morgan fingerprint density at radius 1 is 1.48 bits per heavy atom. The molecule has 1 atom stereocenters. The van der Waals surface area contributed by atoms with Gasteiger partial charge in [0.25, 0.3) is 0 Å². The number of aromatic nitrogens is 2. The molecule has 0 bridgehead atoms. The summed E-state index contributed by atoms with van der Waals surface area (Å²) in [5.74, 6) is -0.307. The Morgan fingerprint density at radius 3 is 2.67 bits per heavy atom. The van der Waals surface area contributed by atoms with Crippen LogP contribution in [-0.2, 0) is 21.4 Å². The van der Waals surface area contributed by atoms with E-state index in [-0.39, 0.29) is 23.6 Å². The van der Waals surface area contributed by atoms with Crippen molar-refractivity contribution >= 4 is 23.4 Å². The van der Waals surface area contributed by atoms with Crippen molar-refractivity contribution in [3.8, 4) is 0 Å². The highest BCUT2D eigenvalue weighted by Gasteiger charge is 2.29. The Morgan fingerprint density at radius 2 is 2.14 bits per heavy atom. The summed E-state index contributed by atoms with van der Waals surface area (Å²) in [4.78, 5) is 23.6. The van der Waals surface area contributed by atoms with E-state index in [9.17, 15) is 9.59 Å². The number of halogens is 1. The first kappa shape index (κ1) is 15.8. The van der Waals surface area contributed by atoms with Gasteiger partial charge in [0, 0.05) is 37.4 Å². The summed E-state index contributed by atoms with van der Waals surface area (Å²) >= 11 is 6.26. The van der Waals surface area contributed by atoms with E-state index in [1.807, 2.05) is 6.92 Å². The summed E-state index contributed by atoms with van der Waals surface area (Å²) < 4.78 is 6.88. The normalized spacial score (nSPS) is 18.9. The molecule has 1 aromatic rings. The first-order chi connectivity index (χ1) is 9.79. The van der Waals surface area contributed by atoms with E-state index >= 15 is 0 Å². The van der Waals surface area contributed by atoms with Gasteiger partial charge in [-0.1, -0.05) is 25.4 Å². The Hall–Kier alpha value is -1.62. The molecule has 0 aromatic carbocycles. The predicted molar refractivity (Wildman–Crippen MR) is 79.0 cm³/mol. The molecule has 0 aliphatic heterocycles. The number of hydrogen-bond donors (Lipinski definition) is 0. The lowest BCUT2D eigenvalue weighted by molar-refractivity contribution is -0.143. The summed E-state index contributed by atoms with van der Waals surface area (Å²) in [6.07, 6.45) is 2.25. The summed E-state index contributed by atoms with van der Waals surface area (Å²) in [7, 11) is 1.76. The van der Waals surface area contributed by atoms with Crippen LogP contribution >= 0.6 is 11.6 Å². The molecular weight excluding hydrogens is 292 g/mol. The first-order valence-corrected chi connectivity index (χ1v) is 7.31. The van der Waals surface area contributed by atoms with Crippen LogP contribution in [0.25, 0.3) is 0 Å². The second kappa shape index (κ2) is 6.02. The van der Waals surface area contributed by atoms with Crippen LogP contribution in [0.15, 0.2) is 11.8 Å². The maximum Gasteiger partial charge on any atom is 0.313 e. The molecule has 1 aliphatic carbocycles. The number of allylic oxidation sites excluding steroid dienone is 2. The molecule has 1 heterocycles. The van der Waals surface area contributed by atoms with Crippen molar-refractivity contribution in [3.63, 3.8) is 0 Å². The van der Waals surface area contributed by atoms with Gasteiger partial charge in [0.05, 0.1) is 11.6 Å². The van der Waals surface area contributed by atoms with Gasteiger partial charge in [0.2, 0.25) is 0 Å². The molecule has 1 unspecified atom stereocenters. The fourth-order valence-electron chi connectivity index (χ4n) is 2.49. The van der Waals surface area contributed by atoms with E-state index in [0.717, 1.165) is 11.3 Å². The molecule has 0 N–H and O–H groups in total. The number of hydrogen-bond acceptors (Lipinski definition) is 4. The van der Waals surface area contributed by atoms with E-state index in [1.54, 1.807) is 25.6 Å². The number of rotatable bonds is 3. The molecule has 0 fully saturated rings. The Bertz CT molecular complexity index is 617. The smallest absolute Gasteiger partial charge is 0.313 e. The highest BCUT2D eigenvalue weighted by atomic mass is 35.5. The highest BCUT2D eigenvalue weighted by Crippen LogP contribution is 2.37. The number of ketones is 1. The van der Waals surface area contributed by atoms with Crippen LogP contribution < -0.4 is 0 Å². The maximum absolute atomic E-state index is 11.9. The third kappa shape index (κ3) is 3.35. The van der Waals surface area contributed by atoms with E-state index in [2.05, 4.69) is 5.10 Å². The van der Waals surface area contributed by atoms with Gasteiger partial charge in [-0.25, -0.2) is 0 Å². The van der Waals surface area contributed by atoms with Crippen molar-refractivity contribution in [2.75, 3.05) is 0 Å². The van der Waals surface area contributed by atoms with Gasteiger partial charge in [0.15, 0.2) is 5.78 Å². The Balaban J connectivity index is 2.23. The molecule has 0 amide bonds. The highest BCUT2D eigenvalue weighted by molar-refractivity contribution is 6.30. The molecule has 114 valence electrons. The second-order valence-corrected chi connectivity index (χ2v) is 6.03. The van der Waals surface area contributed by atoms with Gasteiger partial charge >= 0.3 is 5.97 Å². The molecule has 0 saturated carbocycles. The summed E-state index contributed by atoms with van der Waals surface area (Å²) in [6, 6.07) is 0. The lowest BCUT2D eigenvalue weighted by atomic mass is 9.86. The SMILES string of the molecule is Cc1nn(C)c(Cl)c1C1CC(=O)C=C(OC(=O)C(C)C)C1. The molecule has 21 heavy (non-hydrogen) atoms. The van der Waals surface area contributed by atoms with Crippen LogP contribution in [0.1, 0.15) is 43.9 Å². The standard InChI is InChI=1S/C15H19ClN2O3/c1-8(2)15(20)21-12-6-10(5-11(19)7-12)13-9(3)17-18(4)14(13)16/h7-8,10H,5-6H2,1-4H3. The Kier molecular flexibility index (Phi) is 4.52. The van der Waals surface area contributed by atoms with Crippen LogP contribution in [0.3, 0.4) is 0 Å². The van der Waals surface area contributed by atoms with Crippen LogP contribution in [-0.4, -0.2) is 21.5 Å². The minimum Gasteiger partial charge on any atom is -0.431 e. The average molecular weight is 311 g/mol. The van der Waals surface area contributed by atoms with Crippen LogP contribution in [0.5, 0.6) is 0 Å². The third-order valence-corrected chi connectivity index (χ3v) is 3.97. The summed E-state index contributed by atoms with van der Waals surface area (Å²) in [6.45, 7) is 5.38. The zero-order chi connectivity index (χ0) is 15.7. The lowest BCUT2D eigenvalue weighted by Gasteiger charge is -2.22. The van der Waals surface area contributed by atoms with Crippen molar-refractivity contribution in [1.82, 2.24) is 9.78 Å². The van der Waals surface area contributed by atoms with Crippen LogP contribution in [0.4, 0.5) is 0 Å². The first-order valence-electron chi connectivity index (χ1n) is 6.93. The fraction of sp³-hybridized carbons (Fsp3) is 0.533. The quantitative estimate of drug-likeness (QED) is 0.805. The molecule has 5 nitrogen and oxygen atoms in total. The van der Waals surface area contributed by atoms with Gasteiger partial charge in [-0.3, -0.25) is 14.3 Å². The van der Waals surface area contributed by atoms with Crippen molar-refractivity contribution in [2.24, 2.45) is 13.0 Å². The van der Waals surface area contributed by atoms with Crippen molar-refractivity contribution in [3.05, 3.63) is 28.2 Å². The fourth-order valence-corrected chi connectivity index (χ4v) is 2.82. The van der Waals surface area contributed by atoms with Gasteiger partial charge in [-0.15, -0.1) is 0 Å². The molecule has 0 saturated heterocycles. The number of esters is 1. The second-order valence-electron chi connectivity index (χ2n) is 5.67. The molecule has 1 aromatic heterocycles. The summed E-state index contributed by atoms with van der Waals surface area (Å²) in [5, 5.41) is 4.80. The molecule has 1 aliphatic rings. The van der Waals surface area contributed by atoms with Gasteiger partial charge in [0.1, 0.15) is 10.9 Å². The van der Waals surface area contributed by atoms with Crippen molar-refractivity contribution in [2.45, 2.75) is 39.5 Å². The van der Waals surface area contributed by atoms with Crippen LogP contribution in [0.2, 0.25) is 5.15 Å².